The van der Waals surface area contributed by atoms with Gasteiger partial charge in [-0.15, -0.1) is 24.0 Å². The molecule has 1 atom stereocenters. The zero-order valence-electron chi connectivity index (χ0n) is 16.0. The van der Waals surface area contributed by atoms with Gasteiger partial charge < -0.3 is 15.5 Å². The van der Waals surface area contributed by atoms with Crippen molar-refractivity contribution in [2.75, 3.05) is 26.2 Å². The van der Waals surface area contributed by atoms with Crippen LogP contribution in [0.15, 0.2) is 4.99 Å². The van der Waals surface area contributed by atoms with Crippen molar-refractivity contribution in [3.8, 4) is 0 Å². The van der Waals surface area contributed by atoms with E-state index in [1.807, 2.05) is 18.7 Å². The van der Waals surface area contributed by atoms with Gasteiger partial charge >= 0.3 is 0 Å². The Hall–Kier alpha value is -0.530. The van der Waals surface area contributed by atoms with E-state index in [4.69, 9.17) is 4.99 Å². The summed E-state index contributed by atoms with van der Waals surface area (Å²) in [5.41, 5.74) is 0.512. The first-order valence-electron chi connectivity index (χ1n) is 9.88. The molecule has 2 aliphatic carbocycles. The zero-order chi connectivity index (χ0) is 17.2. The number of carbonyl (C=O) groups excluding carboxylic acids is 1. The molecule has 3 fully saturated rings. The third-order valence-electron chi connectivity index (χ3n) is 6.02. The minimum atomic E-state index is 0. The van der Waals surface area contributed by atoms with Gasteiger partial charge in [0, 0.05) is 38.1 Å². The maximum Gasteiger partial charge on any atom is 0.225 e. The second kappa shape index (κ2) is 8.91. The van der Waals surface area contributed by atoms with Crippen molar-refractivity contribution in [2.45, 2.75) is 65.3 Å². The van der Waals surface area contributed by atoms with Gasteiger partial charge in [0.15, 0.2) is 5.96 Å². The Labute approximate surface area is 169 Å². The minimum Gasteiger partial charge on any atom is -0.357 e. The van der Waals surface area contributed by atoms with Gasteiger partial charge in [-0.3, -0.25) is 9.79 Å². The molecule has 1 amide bonds. The lowest BCUT2D eigenvalue weighted by molar-refractivity contribution is -0.133. The van der Waals surface area contributed by atoms with Crippen molar-refractivity contribution < 1.29 is 4.79 Å². The average Bonchev–Trinajstić information content (AvgIpc) is 3.25. The van der Waals surface area contributed by atoms with Crippen molar-refractivity contribution in [1.29, 1.82) is 0 Å². The molecule has 3 aliphatic rings. The highest BCUT2D eigenvalue weighted by Crippen LogP contribution is 2.57. The summed E-state index contributed by atoms with van der Waals surface area (Å²) in [6, 6.07) is 0.323. The first-order valence-corrected chi connectivity index (χ1v) is 9.88. The number of carbonyl (C=O) groups is 1. The predicted molar refractivity (Wildman–Crippen MR) is 113 cm³/mol. The molecule has 1 saturated heterocycles. The van der Waals surface area contributed by atoms with Gasteiger partial charge in [-0.1, -0.05) is 20.3 Å². The number of nitrogens with zero attached hydrogens (tertiary/aromatic N) is 2. The normalized spacial score (nSPS) is 25.4. The molecule has 5 nitrogen and oxygen atoms in total. The molecule has 1 unspecified atom stereocenters. The molecule has 6 heteroatoms. The summed E-state index contributed by atoms with van der Waals surface area (Å²) in [5, 5.41) is 6.96. The van der Waals surface area contributed by atoms with Crippen LogP contribution >= 0.6 is 24.0 Å². The van der Waals surface area contributed by atoms with Crippen LogP contribution in [0.4, 0.5) is 0 Å². The van der Waals surface area contributed by atoms with Crippen LogP contribution in [0.5, 0.6) is 0 Å². The van der Waals surface area contributed by atoms with Gasteiger partial charge in [-0.05, 0) is 50.4 Å². The van der Waals surface area contributed by atoms with Gasteiger partial charge in [0.25, 0.3) is 0 Å². The van der Waals surface area contributed by atoms with Crippen LogP contribution in [0.1, 0.15) is 59.3 Å². The molecule has 2 saturated carbocycles. The second-order valence-corrected chi connectivity index (χ2v) is 8.25. The van der Waals surface area contributed by atoms with Gasteiger partial charge in [-0.2, -0.15) is 0 Å². The molecule has 0 bridgehead atoms. The van der Waals surface area contributed by atoms with Gasteiger partial charge in [-0.25, -0.2) is 0 Å². The number of aliphatic imine (C=N–C) groups is 1. The SMILES string of the molecule is CCNC(=NCC1(C2CC2)CCC1)NC1CCN(C(=O)C(C)C)C1.I. The molecule has 0 aromatic carbocycles. The van der Waals surface area contributed by atoms with Crippen molar-refractivity contribution in [3.05, 3.63) is 0 Å². The Bertz CT molecular complexity index is 486. The summed E-state index contributed by atoms with van der Waals surface area (Å²) < 4.78 is 0. The molecule has 0 aromatic heterocycles. The molecule has 25 heavy (non-hydrogen) atoms. The number of rotatable bonds is 6. The third-order valence-corrected chi connectivity index (χ3v) is 6.02. The third kappa shape index (κ3) is 5.01. The smallest absolute Gasteiger partial charge is 0.225 e. The lowest BCUT2D eigenvalue weighted by atomic mass is 9.65. The van der Waals surface area contributed by atoms with E-state index in [1.54, 1.807) is 0 Å². The molecule has 0 aromatic rings. The largest absolute Gasteiger partial charge is 0.357 e. The summed E-state index contributed by atoms with van der Waals surface area (Å²) in [6.07, 6.45) is 7.94. The number of nitrogens with one attached hydrogen (secondary N) is 2. The molecule has 144 valence electrons. The van der Waals surface area contributed by atoms with Crippen LogP contribution in [-0.2, 0) is 4.79 Å². The molecular formula is C19H35IN4O. The maximum absolute atomic E-state index is 12.1. The van der Waals surface area contributed by atoms with Crippen molar-refractivity contribution in [1.82, 2.24) is 15.5 Å². The monoisotopic (exact) mass is 462 g/mol. The Kier molecular flexibility index (Phi) is 7.40. The number of hydrogen-bond acceptors (Lipinski definition) is 2. The van der Waals surface area contributed by atoms with Crippen molar-refractivity contribution in [3.63, 3.8) is 0 Å². The second-order valence-electron chi connectivity index (χ2n) is 8.25. The number of likely N-dealkylation sites (tertiary alicyclic amines) is 1. The van der Waals surface area contributed by atoms with E-state index in [1.165, 1.54) is 32.1 Å². The van der Waals surface area contributed by atoms with Crippen LogP contribution in [0.3, 0.4) is 0 Å². The van der Waals surface area contributed by atoms with E-state index in [2.05, 4.69) is 17.6 Å². The number of guanidine groups is 1. The van der Waals surface area contributed by atoms with Crippen LogP contribution in [-0.4, -0.2) is 49.0 Å². The Balaban J connectivity index is 0.00000225. The summed E-state index contributed by atoms with van der Waals surface area (Å²) in [6.45, 7) is 9.57. The van der Waals surface area contributed by atoms with E-state index in [0.29, 0.717) is 11.5 Å². The Morgan fingerprint density at radius 2 is 2.00 bits per heavy atom. The zero-order valence-corrected chi connectivity index (χ0v) is 18.3. The first-order chi connectivity index (χ1) is 11.5. The number of amides is 1. The molecule has 0 spiro atoms. The highest BCUT2D eigenvalue weighted by atomic mass is 127. The van der Waals surface area contributed by atoms with Crippen LogP contribution < -0.4 is 10.6 Å². The van der Waals surface area contributed by atoms with E-state index >= 15 is 0 Å². The van der Waals surface area contributed by atoms with E-state index in [0.717, 1.165) is 44.5 Å². The van der Waals surface area contributed by atoms with Crippen molar-refractivity contribution >= 4 is 35.8 Å². The van der Waals surface area contributed by atoms with E-state index < -0.39 is 0 Å². The fraction of sp³-hybridized carbons (Fsp3) is 0.895. The quantitative estimate of drug-likeness (QED) is 0.363. The molecule has 0 radical (unpaired) electrons. The highest BCUT2D eigenvalue weighted by molar-refractivity contribution is 14.0. The highest BCUT2D eigenvalue weighted by Gasteiger charge is 2.48. The van der Waals surface area contributed by atoms with Gasteiger partial charge in [0.2, 0.25) is 5.91 Å². The predicted octanol–water partition coefficient (Wildman–Crippen LogP) is 3.00. The van der Waals surface area contributed by atoms with E-state index in [-0.39, 0.29) is 35.8 Å². The lowest BCUT2D eigenvalue weighted by Gasteiger charge is -2.41. The molecule has 1 heterocycles. The van der Waals surface area contributed by atoms with Crippen LogP contribution in [0.25, 0.3) is 0 Å². The molecule has 2 N–H and O–H groups in total. The first kappa shape index (κ1) is 20.8. The topological polar surface area (TPSA) is 56.7 Å². The molecular weight excluding hydrogens is 427 g/mol. The fourth-order valence-corrected chi connectivity index (χ4v) is 4.22. The van der Waals surface area contributed by atoms with Gasteiger partial charge in [0.1, 0.15) is 0 Å². The Morgan fingerprint density at radius 3 is 2.52 bits per heavy atom. The van der Waals surface area contributed by atoms with Crippen LogP contribution in [0, 0.1) is 17.3 Å². The molecule has 3 rings (SSSR count). The summed E-state index contributed by atoms with van der Waals surface area (Å²) >= 11 is 0. The minimum absolute atomic E-state index is 0. The number of hydrogen-bond donors (Lipinski definition) is 2. The number of halogens is 1. The lowest BCUT2D eigenvalue weighted by Crippen LogP contribution is -2.46. The summed E-state index contributed by atoms with van der Waals surface area (Å²) in [5.74, 6) is 2.22. The Morgan fingerprint density at radius 1 is 1.28 bits per heavy atom. The maximum atomic E-state index is 12.1. The fourth-order valence-electron chi connectivity index (χ4n) is 4.22. The standard InChI is InChI=1S/C19H34N4O.HI/c1-4-20-18(21-13-19(9-5-10-19)15-6-7-15)22-16-8-11-23(12-16)17(24)14(2)3;/h14-16H,4-13H2,1-3H3,(H2,20,21,22);1H. The average molecular weight is 462 g/mol. The van der Waals surface area contributed by atoms with Crippen LogP contribution in [0.2, 0.25) is 0 Å². The van der Waals surface area contributed by atoms with Gasteiger partial charge in [0.05, 0.1) is 0 Å². The summed E-state index contributed by atoms with van der Waals surface area (Å²) in [4.78, 5) is 19.1. The molecule has 1 aliphatic heterocycles. The summed E-state index contributed by atoms with van der Waals surface area (Å²) in [7, 11) is 0. The van der Waals surface area contributed by atoms with Crippen molar-refractivity contribution in [2.24, 2.45) is 22.2 Å². The van der Waals surface area contributed by atoms with E-state index in [9.17, 15) is 4.79 Å².